The van der Waals surface area contributed by atoms with Gasteiger partial charge >= 0.3 is 0 Å². The molecule has 0 fully saturated rings. The van der Waals surface area contributed by atoms with E-state index in [0.29, 0.717) is 17.3 Å². The average molecular weight is 403 g/mol. The number of hydrogen-bond acceptors (Lipinski definition) is 3. The van der Waals surface area contributed by atoms with Crippen LogP contribution in [0.25, 0.3) is 0 Å². The molecule has 102 valence electrons. The average Bonchev–Trinajstić information content (AvgIpc) is 2.21. The third kappa shape index (κ3) is 5.73. The summed E-state index contributed by atoms with van der Waals surface area (Å²) < 4.78 is 27.0. The summed E-state index contributed by atoms with van der Waals surface area (Å²) in [5, 5.41) is 3.66. The van der Waals surface area contributed by atoms with Crippen molar-refractivity contribution >= 4 is 49.9 Å². The van der Waals surface area contributed by atoms with E-state index in [0.717, 1.165) is 3.57 Å². The Bertz CT molecular complexity index is 506. The minimum Gasteiger partial charge on any atom is -0.313 e. The van der Waals surface area contributed by atoms with Crippen LogP contribution >= 0.6 is 34.2 Å². The van der Waals surface area contributed by atoms with Gasteiger partial charge in [0, 0.05) is 21.2 Å². The largest absolute Gasteiger partial charge is 0.313 e. The lowest BCUT2D eigenvalue weighted by Crippen LogP contribution is -2.31. The quantitative estimate of drug-likeness (QED) is 0.719. The second kappa shape index (κ2) is 6.93. The van der Waals surface area contributed by atoms with Gasteiger partial charge in [-0.15, -0.1) is 0 Å². The zero-order chi connectivity index (χ0) is 13.8. The smallest absolute Gasteiger partial charge is 0.234 e. The maximum atomic E-state index is 11.8. The van der Waals surface area contributed by atoms with Gasteiger partial charge in [-0.3, -0.25) is 4.72 Å². The van der Waals surface area contributed by atoms with Crippen molar-refractivity contribution in [1.82, 2.24) is 5.32 Å². The molecule has 18 heavy (non-hydrogen) atoms. The van der Waals surface area contributed by atoms with Crippen molar-refractivity contribution < 1.29 is 8.42 Å². The maximum absolute atomic E-state index is 11.8. The molecule has 0 aliphatic carbocycles. The van der Waals surface area contributed by atoms with Crippen molar-refractivity contribution in [1.29, 1.82) is 0 Å². The first-order chi connectivity index (χ1) is 8.30. The minimum atomic E-state index is -3.33. The SMILES string of the molecule is CC(C)NCCS(=O)(=O)Nc1ccc(Cl)cc1I. The maximum Gasteiger partial charge on any atom is 0.234 e. The number of nitrogens with one attached hydrogen (secondary N) is 2. The molecule has 4 nitrogen and oxygen atoms in total. The first-order valence-corrected chi connectivity index (χ1v) is 8.60. The molecule has 0 unspecified atom stereocenters. The molecule has 0 aliphatic heterocycles. The molecule has 7 heteroatoms. The van der Waals surface area contributed by atoms with Crippen LogP contribution < -0.4 is 10.0 Å². The predicted molar refractivity (Wildman–Crippen MR) is 84.7 cm³/mol. The molecule has 0 aromatic heterocycles. The van der Waals surface area contributed by atoms with E-state index in [9.17, 15) is 8.42 Å². The van der Waals surface area contributed by atoms with Gasteiger partial charge in [0.2, 0.25) is 10.0 Å². The van der Waals surface area contributed by atoms with Gasteiger partial charge in [0.25, 0.3) is 0 Å². The molecule has 0 atom stereocenters. The zero-order valence-corrected chi connectivity index (χ0v) is 13.9. The van der Waals surface area contributed by atoms with E-state index in [4.69, 9.17) is 11.6 Å². The summed E-state index contributed by atoms with van der Waals surface area (Å²) in [6.45, 7) is 4.38. The standard InChI is InChI=1S/C11H16ClIN2O2S/c1-8(2)14-5-6-18(16,17)15-11-4-3-9(12)7-10(11)13/h3-4,7-8,14-15H,5-6H2,1-2H3. The van der Waals surface area contributed by atoms with E-state index < -0.39 is 10.0 Å². The second-order valence-electron chi connectivity index (χ2n) is 4.15. The molecule has 0 spiro atoms. The van der Waals surface area contributed by atoms with Crippen LogP contribution in [0.5, 0.6) is 0 Å². The van der Waals surface area contributed by atoms with Crippen LogP contribution in [-0.4, -0.2) is 26.8 Å². The molecule has 0 radical (unpaired) electrons. The van der Waals surface area contributed by atoms with Gasteiger partial charge in [0.15, 0.2) is 0 Å². The summed E-state index contributed by atoms with van der Waals surface area (Å²) in [7, 11) is -3.33. The number of halogens is 2. The van der Waals surface area contributed by atoms with Crippen LogP contribution in [0.3, 0.4) is 0 Å². The van der Waals surface area contributed by atoms with Crippen molar-refractivity contribution in [2.24, 2.45) is 0 Å². The van der Waals surface area contributed by atoms with Gasteiger partial charge in [0.1, 0.15) is 0 Å². The fraction of sp³-hybridized carbons (Fsp3) is 0.455. The molecule has 1 rings (SSSR count). The van der Waals surface area contributed by atoms with Gasteiger partial charge < -0.3 is 5.32 Å². The Balaban J connectivity index is 2.65. The molecule has 0 amide bonds. The Kier molecular flexibility index (Phi) is 6.16. The van der Waals surface area contributed by atoms with Gasteiger partial charge in [-0.25, -0.2) is 8.42 Å². The highest BCUT2D eigenvalue weighted by atomic mass is 127. The summed E-state index contributed by atoms with van der Waals surface area (Å²) >= 11 is 7.86. The molecule has 2 N–H and O–H groups in total. The number of sulfonamides is 1. The van der Waals surface area contributed by atoms with Gasteiger partial charge in [-0.2, -0.15) is 0 Å². The lowest BCUT2D eigenvalue weighted by molar-refractivity contribution is 0.582. The number of anilines is 1. The van der Waals surface area contributed by atoms with Crippen molar-refractivity contribution in [2.45, 2.75) is 19.9 Å². The molecule has 1 aromatic rings. The highest BCUT2D eigenvalue weighted by molar-refractivity contribution is 14.1. The fourth-order valence-corrected chi connectivity index (χ4v) is 3.46. The van der Waals surface area contributed by atoms with Crippen LogP contribution in [0.2, 0.25) is 5.02 Å². The molecular formula is C11H16ClIN2O2S. The Hall–Kier alpha value is -0.0500. The molecule has 0 heterocycles. The Morgan fingerprint density at radius 1 is 1.39 bits per heavy atom. The third-order valence-electron chi connectivity index (χ3n) is 2.12. The van der Waals surface area contributed by atoms with E-state index in [1.54, 1.807) is 18.2 Å². The number of rotatable bonds is 6. The summed E-state index contributed by atoms with van der Waals surface area (Å²) in [6, 6.07) is 5.31. The Morgan fingerprint density at radius 3 is 2.61 bits per heavy atom. The normalized spacial score (nSPS) is 11.8. The molecule has 1 aromatic carbocycles. The van der Waals surface area contributed by atoms with Gasteiger partial charge in [-0.05, 0) is 40.8 Å². The second-order valence-corrected chi connectivity index (χ2v) is 7.59. The lowest BCUT2D eigenvalue weighted by atomic mass is 10.3. The van der Waals surface area contributed by atoms with Crippen LogP contribution in [0.15, 0.2) is 18.2 Å². The van der Waals surface area contributed by atoms with E-state index >= 15 is 0 Å². The summed E-state index contributed by atoms with van der Waals surface area (Å²) in [5.74, 6) is 0.0455. The van der Waals surface area contributed by atoms with Crippen molar-refractivity contribution in [3.05, 3.63) is 26.8 Å². The summed E-state index contributed by atoms with van der Waals surface area (Å²) in [5.41, 5.74) is 0.560. The minimum absolute atomic E-state index is 0.0455. The highest BCUT2D eigenvalue weighted by Gasteiger charge is 2.12. The van der Waals surface area contributed by atoms with E-state index in [1.807, 2.05) is 36.4 Å². The molecule has 0 saturated carbocycles. The number of hydrogen-bond donors (Lipinski definition) is 2. The van der Waals surface area contributed by atoms with E-state index in [-0.39, 0.29) is 11.8 Å². The van der Waals surface area contributed by atoms with Crippen LogP contribution in [-0.2, 0) is 10.0 Å². The third-order valence-corrected chi connectivity index (χ3v) is 4.52. The zero-order valence-electron chi connectivity index (χ0n) is 10.2. The van der Waals surface area contributed by atoms with Gasteiger partial charge in [0.05, 0.1) is 11.4 Å². The molecule has 0 aliphatic rings. The topological polar surface area (TPSA) is 58.2 Å². The van der Waals surface area contributed by atoms with E-state index in [1.165, 1.54) is 0 Å². The highest BCUT2D eigenvalue weighted by Crippen LogP contribution is 2.23. The molecule has 0 bridgehead atoms. The predicted octanol–water partition coefficient (Wildman–Crippen LogP) is 2.68. The van der Waals surface area contributed by atoms with Crippen molar-refractivity contribution in [2.75, 3.05) is 17.0 Å². The lowest BCUT2D eigenvalue weighted by Gasteiger charge is -2.11. The first-order valence-electron chi connectivity index (χ1n) is 5.49. The summed E-state index contributed by atoms with van der Waals surface area (Å²) in [6.07, 6.45) is 0. The Labute approximate surface area is 127 Å². The van der Waals surface area contributed by atoms with E-state index in [2.05, 4.69) is 10.0 Å². The molecular weight excluding hydrogens is 387 g/mol. The van der Waals surface area contributed by atoms with Crippen LogP contribution in [0.1, 0.15) is 13.8 Å². The first kappa shape index (κ1) is 16.0. The van der Waals surface area contributed by atoms with Crippen molar-refractivity contribution in [3.63, 3.8) is 0 Å². The summed E-state index contributed by atoms with van der Waals surface area (Å²) in [4.78, 5) is 0. The van der Waals surface area contributed by atoms with Crippen molar-refractivity contribution in [3.8, 4) is 0 Å². The molecule has 0 saturated heterocycles. The Morgan fingerprint density at radius 2 is 2.06 bits per heavy atom. The van der Waals surface area contributed by atoms with Crippen LogP contribution in [0.4, 0.5) is 5.69 Å². The fourth-order valence-electron chi connectivity index (χ4n) is 1.27. The monoisotopic (exact) mass is 402 g/mol. The van der Waals surface area contributed by atoms with Gasteiger partial charge in [-0.1, -0.05) is 25.4 Å². The number of benzene rings is 1. The van der Waals surface area contributed by atoms with Crippen LogP contribution in [0, 0.1) is 3.57 Å².